The predicted octanol–water partition coefficient (Wildman–Crippen LogP) is 3.30. The minimum atomic E-state index is -0.824. The van der Waals surface area contributed by atoms with E-state index >= 15 is 0 Å². The number of anilines is 3. The number of carbonyl (C=O) groups is 2. The molecule has 4 aromatic rings. The second-order valence-corrected chi connectivity index (χ2v) is 7.23. The molecule has 3 aromatic carbocycles. The number of hydrogen-bond donors (Lipinski definition) is 1. The lowest BCUT2D eigenvalue weighted by atomic mass is 10.1. The van der Waals surface area contributed by atoms with Gasteiger partial charge in [0.15, 0.2) is 0 Å². The summed E-state index contributed by atoms with van der Waals surface area (Å²) >= 11 is 0. The number of nitrogens with one attached hydrogen (secondary N) is 1. The number of carbonyl (C=O) groups excluding carboxylic acids is 2. The van der Waals surface area contributed by atoms with E-state index in [2.05, 4.69) is 20.6 Å². The van der Waals surface area contributed by atoms with E-state index in [0.29, 0.717) is 28.5 Å². The average molecular weight is 398 g/mol. The maximum absolute atomic E-state index is 13.4. The molecule has 5 rings (SSSR count). The fourth-order valence-corrected chi connectivity index (χ4v) is 3.93. The van der Waals surface area contributed by atoms with Crippen molar-refractivity contribution in [3.63, 3.8) is 0 Å². The van der Waals surface area contributed by atoms with Crippen molar-refractivity contribution in [1.29, 1.82) is 0 Å². The first-order valence-electron chi connectivity index (χ1n) is 9.53. The zero-order chi connectivity index (χ0) is 20.8. The van der Waals surface area contributed by atoms with Crippen molar-refractivity contribution < 1.29 is 9.59 Å². The van der Waals surface area contributed by atoms with Gasteiger partial charge in [-0.1, -0.05) is 42.5 Å². The molecule has 0 fully saturated rings. The van der Waals surface area contributed by atoms with E-state index in [1.807, 2.05) is 60.7 Å². The molecule has 1 aliphatic heterocycles. The van der Waals surface area contributed by atoms with Crippen LogP contribution in [0.2, 0.25) is 0 Å². The van der Waals surface area contributed by atoms with Crippen molar-refractivity contribution >= 4 is 39.6 Å². The van der Waals surface area contributed by atoms with Crippen LogP contribution in [0.25, 0.3) is 22.2 Å². The Hall–Kier alpha value is -4.07. The van der Waals surface area contributed by atoms with Crippen molar-refractivity contribution in [2.75, 3.05) is 16.8 Å². The van der Waals surface area contributed by atoms with Crippen LogP contribution in [0, 0.1) is 5.92 Å². The summed E-state index contributed by atoms with van der Waals surface area (Å²) < 4.78 is 0. The number of tetrazole rings is 1. The van der Waals surface area contributed by atoms with Crippen molar-refractivity contribution in [1.82, 2.24) is 20.6 Å². The normalized spacial score (nSPS) is 16.7. The summed E-state index contributed by atoms with van der Waals surface area (Å²) in [5.41, 5.74) is 2.71. The first-order chi connectivity index (χ1) is 14.6. The monoisotopic (exact) mass is 398 g/mol. The lowest BCUT2D eigenvalue weighted by Gasteiger charge is -2.25. The molecule has 8 heteroatoms. The Balaban J connectivity index is 1.77. The number of hydrogen-bond acceptors (Lipinski definition) is 5. The summed E-state index contributed by atoms with van der Waals surface area (Å²) in [6.45, 7) is 1.64. The summed E-state index contributed by atoms with van der Waals surface area (Å²) in [6.07, 6.45) is 0. The summed E-state index contributed by atoms with van der Waals surface area (Å²) in [4.78, 5) is 29.7. The van der Waals surface area contributed by atoms with Crippen molar-refractivity contribution in [3.8, 4) is 11.4 Å². The topological polar surface area (TPSA) is 95.1 Å². The molecule has 2 amide bonds. The lowest BCUT2D eigenvalue weighted by molar-refractivity contribution is -0.130. The summed E-state index contributed by atoms with van der Waals surface area (Å²) in [6, 6.07) is 19.0. The van der Waals surface area contributed by atoms with E-state index < -0.39 is 5.92 Å². The maximum Gasteiger partial charge on any atom is 0.243 e. The molecule has 8 nitrogen and oxygen atoms in total. The van der Waals surface area contributed by atoms with Crippen LogP contribution in [0.15, 0.2) is 60.7 Å². The Morgan fingerprint density at radius 1 is 0.967 bits per heavy atom. The highest BCUT2D eigenvalue weighted by Gasteiger charge is 2.37. The number of amides is 2. The largest absolute Gasteiger partial charge is 0.312 e. The SMILES string of the molecule is CC1C(=O)N(C)c2c(ccc3ccccc23)N(c2cccc(-c3nn[nH]n3)c2)C1=O. The van der Waals surface area contributed by atoms with Crippen LogP contribution in [-0.4, -0.2) is 39.5 Å². The van der Waals surface area contributed by atoms with Crippen molar-refractivity contribution in [2.45, 2.75) is 6.92 Å². The van der Waals surface area contributed by atoms with Crippen LogP contribution in [0.4, 0.5) is 17.1 Å². The van der Waals surface area contributed by atoms with Crippen LogP contribution in [0.5, 0.6) is 0 Å². The van der Waals surface area contributed by atoms with Crippen LogP contribution < -0.4 is 9.80 Å². The third kappa shape index (κ3) is 2.65. The highest BCUT2D eigenvalue weighted by Crippen LogP contribution is 2.43. The summed E-state index contributed by atoms with van der Waals surface area (Å²) in [7, 11) is 1.72. The van der Waals surface area contributed by atoms with Gasteiger partial charge in [0.2, 0.25) is 17.6 Å². The minimum absolute atomic E-state index is 0.241. The first-order valence-corrected chi connectivity index (χ1v) is 9.53. The Kier molecular flexibility index (Phi) is 4.06. The molecule has 1 atom stereocenters. The molecule has 0 bridgehead atoms. The zero-order valence-electron chi connectivity index (χ0n) is 16.4. The fourth-order valence-electron chi connectivity index (χ4n) is 3.93. The Morgan fingerprint density at radius 2 is 1.80 bits per heavy atom. The standard InChI is InChI=1S/C22H18N6O2/c1-13-21(29)27(2)19-17-9-4-3-6-14(17)10-11-18(19)28(22(13)30)16-8-5-7-15(12-16)20-23-25-26-24-20/h3-13H,1-2H3,(H,23,24,25,26). The maximum atomic E-state index is 13.4. The van der Waals surface area contributed by atoms with Gasteiger partial charge in [0, 0.05) is 23.7 Å². The molecule has 0 spiro atoms. The third-order valence-electron chi connectivity index (χ3n) is 5.46. The Morgan fingerprint density at radius 3 is 2.60 bits per heavy atom. The molecule has 0 radical (unpaired) electrons. The third-order valence-corrected chi connectivity index (χ3v) is 5.46. The van der Waals surface area contributed by atoms with Gasteiger partial charge in [-0.15, -0.1) is 10.2 Å². The van der Waals surface area contributed by atoms with Gasteiger partial charge in [-0.3, -0.25) is 14.5 Å². The van der Waals surface area contributed by atoms with Gasteiger partial charge in [0.25, 0.3) is 0 Å². The molecule has 2 heterocycles. The predicted molar refractivity (Wildman–Crippen MR) is 113 cm³/mol. The molecule has 1 N–H and O–H groups in total. The van der Waals surface area contributed by atoms with Gasteiger partial charge < -0.3 is 4.90 Å². The van der Waals surface area contributed by atoms with Gasteiger partial charge in [-0.05, 0) is 35.7 Å². The Labute approximate surface area is 172 Å². The number of aromatic nitrogens is 4. The van der Waals surface area contributed by atoms with Crippen LogP contribution in [-0.2, 0) is 9.59 Å². The summed E-state index contributed by atoms with van der Waals surface area (Å²) in [5, 5.41) is 16.0. The molecular formula is C22H18N6O2. The number of rotatable bonds is 2. The van der Waals surface area contributed by atoms with E-state index in [1.54, 1.807) is 23.8 Å². The van der Waals surface area contributed by atoms with Gasteiger partial charge in [-0.2, -0.15) is 5.21 Å². The quantitative estimate of drug-likeness (QED) is 0.523. The van der Waals surface area contributed by atoms with Gasteiger partial charge in [0.1, 0.15) is 5.92 Å². The Bertz CT molecular complexity index is 1280. The highest BCUT2D eigenvalue weighted by molar-refractivity contribution is 6.23. The molecule has 1 unspecified atom stereocenters. The fraction of sp³-hybridized carbons (Fsp3) is 0.136. The highest BCUT2D eigenvalue weighted by atomic mass is 16.2. The average Bonchev–Trinajstić information content (AvgIpc) is 3.30. The number of fused-ring (bicyclic) bond motifs is 3. The minimum Gasteiger partial charge on any atom is -0.312 e. The van der Waals surface area contributed by atoms with E-state index in [0.717, 1.165) is 10.8 Å². The number of nitrogens with zero attached hydrogens (tertiary/aromatic N) is 5. The van der Waals surface area contributed by atoms with Gasteiger partial charge >= 0.3 is 0 Å². The van der Waals surface area contributed by atoms with E-state index in [1.165, 1.54) is 0 Å². The molecule has 0 aliphatic carbocycles. The number of benzene rings is 3. The molecular weight excluding hydrogens is 380 g/mol. The van der Waals surface area contributed by atoms with E-state index in [-0.39, 0.29) is 11.8 Å². The second-order valence-electron chi connectivity index (χ2n) is 7.23. The smallest absolute Gasteiger partial charge is 0.243 e. The molecule has 1 aliphatic rings. The van der Waals surface area contributed by atoms with Gasteiger partial charge in [-0.25, -0.2) is 0 Å². The van der Waals surface area contributed by atoms with Crippen molar-refractivity contribution in [3.05, 3.63) is 60.7 Å². The lowest BCUT2D eigenvalue weighted by Crippen LogP contribution is -2.37. The van der Waals surface area contributed by atoms with Crippen LogP contribution in [0.1, 0.15) is 6.92 Å². The summed E-state index contributed by atoms with van der Waals surface area (Å²) in [5.74, 6) is -0.922. The number of H-pyrrole nitrogens is 1. The van der Waals surface area contributed by atoms with E-state index in [9.17, 15) is 9.59 Å². The molecule has 0 saturated heterocycles. The molecule has 30 heavy (non-hydrogen) atoms. The van der Waals surface area contributed by atoms with Crippen molar-refractivity contribution in [2.24, 2.45) is 5.92 Å². The molecule has 148 valence electrons. The van der Waals surface area contributed by atoms with Gasteiger partial charge in [0.05, 0.1) is 11.4 Å². The zero-order valence-corrected chi connectivity index (χ0v) is 16.4. The van der Waals surface area contributed by atoms with E-state index in [4.69, 9.17) is 0 Å². The van der Waals surface area contributed by atoms with Crippen LogP contribution in [0.3, 0.4) is 0 Å². The first kappa shape index (κ1) is 18.0. The van der Waals surface area contributed by atoms with Crippen LogP contribution >= 0.6 is 0 Å². The second kappa shape index (κ2) is 6.77. The molecule has 0 saturated carbocycles. The number of aromatic amines is 1. The molecule has 1 aromatic heterocycles.